The highest BCUT2D eigenvalue weighted by molar-refractivity contribution is 7.92. The molecule has 0 N–H and O–H groups in total. The van der Waals surface area contributed by atoms with E-state index in [0.29, 0.717) is 30.2 Å². The smallest absolute Gasteiger partial charge is 0.264 e. The Morgan fingerprint density at radius 3 is 2.55 bits per heavy atom. The van der Waals surface area contributed by atoms with E-state index in [1.54, 1.807) is 19.2 Å². The number of carbonyl (C=O) groups is 1. The van der Waals surface area contributed by atoms with Crippen LogP contribution in [0.4, 0.5) is 5.69 Å². The summed E-state index contributed by atoms with van der Waals surface area (Å²) in [6.45, 7) is 4.30. The lowest BCUT2D eigenvalue weighted by molar-refractivity contribution is -0.126. The van der Waals surface area contributed by atoms with Gasteiger partial charge in [0.25, 0.3) is 10.0 Å². The van der Waals surface area contributed by atoms with Crippen molar-refractivity contribution in [3.63, 3.8) is 0 Å². The molecule has 5 rings (SSSR count). The number of ketones is 1. The molecule has 2 aromatic rings. The van der Waals surface area contributed by atoms with Gasteiger partial charge in [-0.2, -0.15) is 0 Å². The molecule has 0 spiro atoms. The van der Waals surface area contributed by atoms with E-state index in [1.807, 2.05) is 37.3 Å². The minimum atomic E-state index is -3.77. The summed E-state index contributed by atoms with van der Waals surface area (Å²) in [5, 5.41) is 0. The van der Waals surface area contributed by atoms with Crippen molar-refractivity contribution < 1.29 is 17.9 Å². The van der Waals surface area contributed by atoms with Crippen LogP contribution in [0.15, 0.2) is 52.9 Å². The van der Waals surface area contributed by atoms with E-state index in [9.17, 15) is 13.2 Å². The first-order valence-corrected chi connectivity index (χ1v) is 12.2. The summed E-state index contributed by atoms with van der Waals surface area (Å²) in [4.78, 5) is 13.0. The summed E-state index contributed by atoms with van der Waals surface area (Å²) in [6, 6.07) is 12.6. The van der Waals surface area contributed by atoms with Gasteiger partial charge in [-0.1, -0.05) is 24.6 Å². The fraction of sp³-hybridized carbons (Fsp3) is 0.400. The number of hydrogen-bond donors (Lipinski definition) is 0. The van der Waals surface area contributed by atoms with E-state index < -0.39 is 10.0 Å². The topological polar surface area (TPSA) is 63.7 Å². The highest BCUT2D eigenvalue weighted by atomic mass is 32.2. The molecular weight excluding hydrogens is 410 g/mol. The molecule has 3 aliphatic rings. The summed E-state index contributed by atoms with van der Waals surface area (Å²) in [5.74, 6) is 1.05. The molecule has 0 aromatic heterocycles. The summed E-state index contributed by atoms with van der Waals surface area (Å²) in [7, 11) is -2.18. The molecule has 5 nitrogen and oxygen atoms in total. The van der Waals surface area contributed by atoms with Gasteiger partial charge in [0.05, 0.1) is 24.2 Å². The van der Waals surface area contributed by atoms with Crippen LogP contribution >= 0.6 is 0 Å². The molecule has 1 fully saturated rings. The summed E-state index contributed by atoms with van der Waals surface area (Å²) in [6.07, 6.45) is 3.01. The van der Waals surface area contributed by atoms with E-state index in [2.05, 4.69) is 6.92 Å². The van der Waals surface area contributed by atoms with Gasteiger partial charge in [-0.25, -0.2) is 8.42 Å². The first-order valence-electron chi connectivity index (χ1n) is 10.8. The fourth-order valence-corrected chi connectivity index (χ4v) is 7.06. The van der Waals surface area contributed by atoms with E-state index in [1.165, 1.54) is 9.88 Å². The molecule has 1 saturated carbocycles. The first kappa shape index (κ1) is 20.3. The number of methoxy groups -OCH3 is 1. The summed E-state index contributed by atoms with van der Waals surface area (Å²) in [5.41, 5.74) is 4.57. The molecule has 0 bridgehead atoms. The minimum Gasteiger partial charge on any atom is -0.497 e. The third-order valence-electron chi connectivity index (χ3n) is 7.49. The number of ether oxygens (including phenoxy) is 1. The van der Waals surface area contributed by atoms with Crippen molar-refractivity contribution >= 4 is 27.1 Å². The van der Waals surface area contributed by atoms with Gasteiger partial charge in [0.15, 0.2) is 0 Å². The van der Waals surface area contributed by atoms with E-state index >= 15 is 0 Å². The number of anilines is 1. The number of Topliss-reactive ketones (excluding diaryl/α,β-unsaturated/α-hetero) is 1. The molecule has 0 unspecified atom stereocenters. The van der Waals surface area contributed by atoms with Crippen molar-refractivity contribution in [2.45, 2.75) is 44.4 Å². The predicted molar refractivity (Wildman–Crippen MR) is 121 cm³/mol. The number of allylic oxidation sites excluding steroid dienone is 1. The van der Waals surface area contributed by atoms with Crippen molar-refractivity contribution in [2.24, 2.45) is 11.3 Å². The van der Waals surface area contributed by atoms with Gasteiger partial charge in [-0.05, 0) is 67.5 Å². The number of benzene rings is 2. The zero-order valence-electron chi connectivity index (χ0n) is 18.1. The maximum atomic E-state index is 13.8. The van der Waals surface area contributed by atoms with Crippen molar-refractivity contribution in [1.82, 2.24) is 0 Å². The van der Waals surface area contributed by atoms with Gasteiger partial charge < -0.3 is 4.74 Å². The third kappa shape index (κ3) is 2.95. The first-order chi connectivity index (χ1) is 14.8. The molecule has 2 aromatic carbocycles. The number of fused-ring (bicyclic) bond motifs is 4. The van der Waals surface area contributed by atoms with Crippen LogP contribution in [0.1, 0.15) is 43.7 Å². The molecule has 1 aliphatic heterocycles. The Labute approximate surface area is 183 Å². The highest BCUT2D eigenvalue weighted by Crippen LogP contribution is 2.57. The predicted octanol–water partition coefficient (Wildman–Crippen LogP) is 4.75. The van der Waals surface area contributed by atoms with Crippen LogP contribution in [-0.4, -0.2) is 27.9 Å². The normalized spacial score (nSPS) is 25.2. The van der Waals surface area contributed by atoms with Crippen molar-refractivity contribution in [3.05, 3.63) is 59.2 Å². The van der Waals surface area contributed by atoms with Crippen LogP contribution in [-0.2, 0) is 14.8 Å². The van der Waals surface area contributed by atoms with Crippen LogP contribution in [0, 0.1) is 18.3 Å². The second kappa shape index (κ2) is 6.95. The maximum absolute atomic E-state index is 13.8. The molecule has 2 aliphatic carbocycles. The summed E-state index contributed by atoms with van der Waals surface area (Å²) >= 11 is 0. The molecule has 162 valence electrons. The molecule has 0 amide bonds. The number of aryl methyl sites for hydroxylation is 1. The van der Waals surface area contributed by atoms with Crippen LogP contribution in [0.5, 0.6) is 5.75 Å². The van der Waals surface area contributed by atoms with Gasteiger partial charge in [0.2, 0.25) is 0 Å². The Morgan fingerprint density at radius 2 is 1.84 bits per heavy atom. The van der Waals surface area contributed by atoms with Crippen molar-refractivity contribution in [3.8, 4) is 5.75 Å². The summed E-state index contributed by atoms with van der Waals surface area (Å²) < 4.78 is 34.5. The van der Waals surface area contributed by atoms with Crippen LogP contribution in [0.2, 0.25) is 0 Å². The largest absolute Gasteiger partial charge is 0.497 e. The molecule has 0 saturated heterocycles. The van der Waals surface area contributed by atoms with E-state index in [0.717, 1.165) is 36.0 Å². The number of carbonyl (C=O) groups excluding carboxylic acids is 1. The minimum absolute atomic E-state index is 0.106. The van der Waals surface area contributed by atoms with E-state index in [4.69, 9.17) is 4.74 Å². The standard InChI is InChI=1S/C25H27NO4S/c1-16-4-7-18(8-5-16)31(28,29)26-15-21-19(20-9-6-17(30-3)14-23(20)26)12-13-25(2)22(21)10-11-24(25)27/h4-9,14,22H,10-13,15H2,1-3H3/t22-,25-/m0/s1. The maximum Gasteiger partial charge on any atom is 0.264 e. The molecular formula is C25H27NO4S. The Hall–Kier alpha value is -2.60. The van der Waals surface area contributed by atoms with Crippen LogP contribution < -0.4 is 9.04 Å². The zero-order chi connectivity index (χ0) is 22.0. The number of nitrogens with zero attached hydrogens (tertiary/aromatic N) is 1. The second-order valence-electron chi connectivity index (χ2n) is 9.14. The van der Waals surface area contributed by atoms with Crippen molar-refractivity contribution in [2.75, 3.05) is 18.0 Å². The lowest BCUT2D eigenvalue weighted by Gasteiger charge is -2.43. The number of hydrogen-bond acceptors (Lipinski definition) is 4. The SMILES string of the molecule is COc1ccc2c(c1)N(S(=O)(=O)c1ccc(C)cc1)CC1=C2CC[C@]2(C)C(=O)CC[C@@H]12. The lowest BCUT2D eigenvalue weighted by atomic mass is 9.64. The quantitative estimate of drug-likeness (QED) is 0.695. The third-order valence-corrected chi connectivity index (χ3v) is 9.26. The van der Waals surface area contributed by atoms with Gasteiger partial charge in [-0.15, -0.1) is 0 Å². The van der Waals surface area contributed by atoms with Gasteiger partial charge in [-0.3, -0.25) is 9.10 Å². The molecule has 6 heteroatoms. The monoisotopic (exact) mass is 437 g/mol. The van der Waals surface area contributed by atoms with Gasteiger partial charge >= 0.3 is 0 Å². The molecule has 2 atom stereocenters. The Morgan fingerprint density at radius 1 is 1.10 bits per heavy atom. The van der Waals surface area contributed by atoms with E-state index in [-0.39, 0.29) is 16.2 Å². The molecule has 0 radical (unpaired) electrons. The number of sulfonamides is 1. The Kier molecular flexibility index (Phi) is 4.56. The van der Waals surface area contributed by atoms with Crippen LogP contribution in [0.25, 0.3) is 5.57 Å². The lowest BCUT2D eigenvalue weighted by Crippen LogP contribution is -2.42. The van der Waals surface area contributed by atoms with Crippen LogP contribution in [0.3, 0.4) is 0 Å². The average molecular weight is 438 g/mol. The number of rotatable bonds is 3. The Bertz CT molecular complexity index is 1210. The molecule has 1 heterocycles. The highest BCUT2D eigenvalue weighted by Gasteiger charge is 2.52. The zero-order valence-corrected chi connectivity index (χ0v) is 19.0. The fourth-order valence-electron chi connectivity index (χ4n) is 5.61. The van der Waals surface area contributed by atoms with Gasteiger partial charge in [0, 0.05) is 23.5 Å². The second-order valence-corrected chi connectivity index (χ2v) is 11.0. The average Bonchev–Trinajstić information content (AvgIpc) is 3.07. The Balaban J connectivity index is 1.69. The van der Waals surface area contributed by atoms with Crippen molar-refractivity contribution in [1.29, 1.82) is 0 Å². The molecule has 31 heavy (non-hydrogen) atoms. The van der Waals surface area contributed by atoms with Gasteiger partial charge in [0.1, 0.15) is 11.5 Å².